The van der Waals surface area contributed by atoms with E-state index in [0.29, 0.717) is 19.0 Å². The molecule has 1 aromatic carbocycles. The SMILES string of the molecule is O=C(CN1CC[C@H](c2ccccc2)C1)NCc1cn2ccccc2n1. The Morgan fingerprint density at radius 2 is 2.00 bits per heavy atom. The number of likely N-dealkylation sites (tertiary alicyclic amines) is 1. The van der Waals surface area contributed by atoms with Crippen LogP contribution in [0.5, 0.6) is 0 Å². The van der Waals surface area contributed by atoms with Crippen molar-refractivity contribution in [2.75, 3.05) is 19.6 Å². The standard InChI is InChI=1S/C20H22N4O/c25-20(21-12-18-14-24-10-5-4-8-19(24)22-18)15-23-11-9-17(13-23)16-6-2-1-3-7-16/h1-8,10,14,17H,9,11-13,15H2,(H,21,25)/t17-/m0/s1. The van der Waals surface area contributed by atoms with Gasteiger partial charge in [0.1, 0.15) is 5.65 Å². The number of carbonyl (C=O) groups is 1. The summed E-state index contributed by atoms with van der Waals surface area (Å²) in [5.74, 6) is 0.596. The van der Waals surface area contributed by atoms with Gasteiger partial charge in [-0.1, -0.05) is 36.4 Å². The van der Waals surface area contributed by atoms with Gasteiger partial charge in [-0.15, -0.1) is 0 Å². The number of nitrogens with one attached hydrogen (secondary N) is 1. The molecule has 1 N–H and O–H groups in total. The van der Waals surface area contributed by atoms with E-state index in [1.54, 1.807) is 0 Å². The zero-order chi connectivity index (χ0) is 17.1. The molecule has 1 atom stereocenters. The summed E-state index contributed by atoms with van der Waals surface area (Å²) < 4.78 is 1.96. The quantitative estimate of drug-likeness (QED) is 0.780. The largest absolute Gasteiger partial charge is 0.349 e. The Morgan fingerprint density at radius 1 is 1.16 bits per heavy atom. The first kappa shape index (κ1) is 15.8. The van der Waals surface area contributed by atoms with Gasteiger partial charge < -0.3 is 9.72 Å². The summed E-state index contributed by atoms with van der Waals surface area (Å²) in [5, 5.41) is 2.98. The summed E-state index contributed by atoms with van der Waals surface area (Å²) in [7, 11) is 0. The van der Waals surface area contributed by atoms with Crippen LogP contribution in [0.15, 0.2) is 60.9 Å². The van der Waals surface area contributed by atoms with Gasteiger partial charge in [-0.2, -0.15) is 0 Å². The normalized spacial score (nSPS) is 17.8. The molecular weight excluding hydrogens is 312 g/mol. The number of fused-ring (bicyclic) bond motifs is 1. The van der Waals surface area contributed by atoms with E-state index in [4.69, 9.17) is 0 Å². The number of pyridine rings is 1. The van der Waals surface area contributed by atoms with Crippen LogP contribution in [0.2, 0.25) is 0 Å². The summed E-state index contributed by atoms with van der Waals surface area (Å²) >= 11 is 0. The zero-order valence-electron chi connectivity index (χ0n) is 14.1. The topological polar surface area (TPSA) is 49.6 Å². The third-order valence-electron chi connectivity index (χ3n) is 4.79. The summed E-state index contributed by atoms with van der Waals surface area (Å²) in [6.07, 6.45) is 5.03. The second-order valence-corrected chi connectivity index (χ2v) is 6.61. The first-order chi connectivity index (χ1) is 12.3. The number of aromatic nitrogens is 2. The minimum absolute atomic E-state index is 0.0609. The van der Waals surface area contributed by atoms with Gasteiger partial charge >= 0.3 is 0 Å². The van der Waals surface area contributed by atoms with Gasteiger partial charge in [0.25, 0.3) is 0 Å². The second kappa shape index (κ2) is 7.07. The molecule has 3 aromatic rings. The number of carbonyl (C=O) groups excluding carboxylic acids is 1. The molecule has 1 amide bonds. The van der Waals surface area contributed by atoms with Crippen LogP contribution in [0.3, 0.4) is 0 Å². The van der Waals surface area contributed by atoms with Crippen LogP contribution in [0.1, 0.15) is 23.6 Å². The smallest absolute Gasteiger partial charge is 0.234 e. The van der Waals surface area contributed by atoms with Crippen molar-refractivity contribution in [2.45, 2.75) is 18.9 Å². The molecule has 0 unspecified atom stereocenters. The molecule has 1 aliphatic heterocycles. The Kier molecular flexibility index (Phi) is 4.48. The molecule has 3 heterocycles. The van der Waals surface area contributed by atoms with E-state index in [2.05, 4.69) is 39.5 Å². The Labute approximate surface area is 147 Å². The Bertz CT molecular complexity index is 825. The Balaban J connectivity index is 1.28. The maximum Gasteiger partial charge on any atom is 0.234 e. The molecule has 0 bridgehead atoms. The molecule has 0 radical (unpaired) electrons. The van der Waals surface area contributed by atoms with Crippen LogP contribution in [-0.4, -0.2) is 39.8 Å². The number of imidazole rings is 1. The van der Waals surface area contributed by atoms with E-state index in [-0.39, 0.29) is 5.91 Å². The van der Waals surface area contributed by atoms with Crippen molar-refractivity contribution in [1.82, 2.24) is 19.6 Å². The summed E-state index contributed by atoms with van der Waals surface area (Å²) in [6, 6.07) is 16.4. The number of amides is 1. The van der Waals surface area contributed by atoms with Crippen molar-refractivity contribution >= 4 is 11.6 Å². The highest BCUT2D eigenvalue weighted by atomic mass is 16.2. The van der Waals surface area contributed by atoms with E-state index in [1.165, 1.54) is 5.56 Å². The van der Waals surface area contributed by atoms with Crippen LogP contribution in [-0.2, 0) is 11.3 Å². The van der Waals surface area contributed by atoms with Gasteiger partial charge in [0.2, 0.25) is 5.91 Å². The highest BCUT2D eigenvalue weighted by Crippen LogP contribution is 2.26. The van der Waals surface area contributed by atoms with Gasteiger partial charge in [0, 0.05) is 18.9 Å². The first-order valence-corrected chi connectivity index (χ1v) is 8.74. The second-order valence-electron chi connectivity index (χ2n) is 6.61. The van der Waals surface area contributed by atoms with Crippen LogP contribution in [0.25, 0.3) is 5.65 Å². The highest BCUT2D eigenvalue weighted by Gasteiger charge is 2.24. The predicted molar refractivity (Wildman–Crippen MR) is 97.3 cm³/mol. The first-order valence-electron chi connectivity index (χ1n) is 8.74. The van der Waals surface area contributed by atoms with Gasteiger partial charge in [-0.3, -0.25) is 9.69 Å². The maximum absolute atomic E-state index is 12.2. The van der Waals surface area contributed by atoms with E-state index in [0.717, 1.165) is 30.9 Å². The lowest BCUT2D eigenvalue weighted by atomic mass is 9.99. The molecule has 4 rings (SSSR count). The lowest BCUT2D eigenvalue weighted by Gasteiger charge is -2.15. The van der Waals surface area contributed by atoms with Gasteiger partial charge in [-0.25, -0.2) is 4.98 Å². The van der Waals surface area contributed by atoms with Crippen molar-refractivity contribution in [3.63, 3.8) is 0 Å². The maximum atomic E-state index is 12.2. The van der Waals surface area contributed by atoms with Crippen LogP contribution < -0.4 is 5.32 Å². The minimum atomic E-state index is 0.0609. The lowest BCUT2D eigenvalue weighted by molar-refractivity contribution is -0.122. The number of benzene rings is 1. The summed E-state index contributed by atoms with van der Waals surface area (Å²) in [5.41, 5.74) is 3.15. The molecule has 1 fully saturated rings. The molecule has 1 aliphatic rings. The lowest BCUT2D eigenvalue weighted by Crippen LogP contribution is -2.35. The van der Waals surface area contributed by atoms with E-state index >= 15 is 0 Å². The third-order valence-corrected chi connectivity index (χ3v) is 4.79. The number of hydrogen-bond acceptors (Lipinski definition) is 3. The van der Waals surface area contributed by atoms with Crippen molar-refractivity contribution in [3.8, 4) is 0 Å². The highest BCUT2D eigenvalue weighted by molar-refractivity contribution is 5.78. The van der Waals surface area contributed by atoms with E-state index in [1.807, 2.05) is 41.1 Å². The third kappa shape index (κ3) is 3.72. The summed E-state index contributed by atoms with van der Waals surface area (Å²) in [6.45, 7) is 2.85. The van der Waals surface area contributed by atoms with Crippen molar-refractivity contribution in [3.05, 3.63) is 72.2 Å². The molecule has 25 heavy (non-hydrogen) atoms. The molecule has 1 saturated heterocycles. The van der Waals surface area contributed by atoms with Crippen LogP contribution in [0.4, 0.5) is 0 Å². The average molecular weight is 334 g/mol. The summed E-state index contributed by atoms with van der Waals surface area (Å²) in [4.78, 5) is 19.0. The molecule has 0 aliphatic carbocycles. The van der Waals surface area contributed by atoms with E-state index in [9.17, 15) is 4.79 Å². The molecule has 128 valence electrons. The van der Waals surface area contributed by atoms with Crippen molar-refractivity contribution < 1.29 is 4.79 Å². The van der Waals surface area contributed by atoms with Crippen molar-refractivity contribution in [2.24, 2.45) is 0 Å². The molecule has 5 nitrogen and oxygen atoms in total. The fourth-order valence-electron chi connectivity index (χ4n) is 3.49. The fraction of sp³-hybridized carbons (Fsp3) is 0.300. The van der Waals surface area contributed by atoms with Gasteiger partial charge in [0.15, 0.2) is 0 Å². The minimum Gasteiger partial charge on any atom is -0.349 e. The molecule has 0 spiro atoms. The molecular formula is C20H22N4O. The Hall–Kier alpha value is -2.66. The number of rotatable bonds is 5. The number of hydrogen-bond donors (Lipinski definition) is 1. The van der Waals surface area contributed by atoms with Crippen LogP contribution in [0, 0.1) is 0 Å². The molecule has 0 saturated carbocycles. The van der Waals surface area contributed by atoms with Gasteiger partial charge in [0.05, 0.1) is 18.8 Å². The van der Waals surface area contributed by atoms with E-state index < -0.39 is 0 Å². The molecule has 2 aromatic heterocycles. The fourth-order valence-corrected chi connectivity index (χ4v) is 3.49. The van der Waals surface area contributed by atoms with Crippen LogP contribution >= 0.6 is 0 Å². The number of nitrogens with zero attached hydrogens (tertiary/aromatic N) is 3. The monoisotopic (exact) mass is 334 g/mol. The Morgan fingerprint density at radius 3 is 2.84 bits per heavy atom. The molecule has 5 heteroatoms. The predicted octanol–water partition coefficient (Wildman–Crippen LogP) is 2.44. The van der Waals surface area contributed by atoms with Gasteiger partial charge in [-0.05, 0) is 36.6 Å². The zero-order valence-corrected chi connectivity index (χ0v) is 14.1. The average Bonchev–Trinajstić information content (AvgIpc) is 3.27. The van der Waals surface area contributed by atoms with Crippen molar-refractivity contribution in [1.29, 1.82) is 0 Å².